The molecule has 0 radical (unpaired) electrons. The van der Waals surface area contributed by atoms with E-state index in [0.717, 1.165) is 24.8 Å². The van der Waals surface area contributed by atoms with E-state index in [2.05, 4.69) is 5.43 Å². The Morgan fingerprint density at radius 1 is 1.24 bits per heavy atom. The van der Waals surface area contributed by atoms with E-state index in [1.807, 2.05) is 45.9 Å². The number of hydrogen-bond acceptors (Lipinski definition) is 2. The molecule has 1 aliphatic carbocycles. The second-order valence-electron chi connectivity index (χ2n) is 6.78. The topological polar surface area (TPSA) is 49.4 Å². The number of carbonyl (C=O) groups excluding carboxylic acids is 2. The third-order valence-corrected chi connectivity index (χ3v) is 3.84. The van der Waals surface area contributed by atoms with Gasteiger partial charge in [0.1, 0.15) is 0 Å². The lowest BCUT2D eigenvalue weighted by molar-refractivity contribution is -0.146. The summed E-state index contributed by atoms with van der Waals surface area (Å²) in [4.78, 5) is 24.9. The Labute approximate surface area is 126 Å². The lowest BCUT2D eigenvalue weighted by Crippen LogP contribution is -2.58. The number of aryl methyl sites for hydroxylation is 1. The van der Waals surface area contributed by atoms with Crippen molar-refractivity contribution in [3.63, 3.8) is 0 Å². The normalized spacial score (nSPS) is 15.2. The Morgan fingerprint density at radius 2 is 1.90 bits per heavy atom. The van der Waals surface area contributed by atoms with E-state index in [1.165, 1.54) is 5.01 Å². The maximum absolute atomic E-state index is 12.5. The maximum Gasteiger partial charge on any atom is 0.269 e. The largest absolute Gasteiger partial charge is 0.273 e. The molecule has 1 N–H and O–H groups in total. The van der Waals surface area contributed by atoms with Crippen molar-refractivity contribution in [2.24, 2.45) is 5.92 Å². The van der Waals surface area contributed by atoms with Crippen LogP contribution >= 0.6 is 0 Å². The summed E-state index contributed by atoms with van der Waals surface area (Å²) < 4.78 is 0. The maximum atomic E-state index is 12.5. The lowest BCUT2D eigenvalue weighted by atomic mass is 9.84. The van der Waals surface area contributed by atoms with E-state index in [1.54, 1.807) is 6.07 Å². The van der Waals surface area contributed by atoms with Crippen molar-refractivity contribution in [1.82, 2.24) is 10.4 Å². The van der Waals surface area contributed by atoms with E-state index >= 15 is 0 Å². The third-order valence-electron chi connectivity index (χ3n) is 3.84. The lowest BCUT2D eigenvalue weighted by Gasteiger charge is -2.39. The van der Waals surface area contributed by atoms with Crippen molar-refractivity contribution in [3.8, 4) is 0 Å². The summed E-state index contributed by atoms with van der Waals surface area (Å²) in [6, 6.07) is 7.37. The van der Waals surface area contributed by atoms with Crippen LogP contribution in [0, 0.1) is 12.8 Å². The minimum atomic E-state index is -0.438. The second kappa shape index (κ2) is 5.88. The number of carbonyl (C=O) groups is 2. The van der Waals surface area contributed by atoms with Gasteiger partial charge in [-0.1, -0.05) is 24.1 Å². The molecule has 0 aromatic heterocycles. The standard InChI is InChI=1S/C17H24N2O2/c1-12-7-5-10-14(11-12)15(20)18-19(17(2,3)4)16(21)13-8-6-9-13/h5,7,10-11,13H,6,8-9H2,1-4H3,(H,18,20). The Balaban J connectivity index is 2.15. The van der Waals surface area contributed by atoms with Gasteiger partial charge in [0.05, 0.1) is 5.54 Å². The predicted molar refractivity (Wildman–Crippen MR) is 82.6 cm³/mol. The summed E-state index contributed by atoms with van der Waals surface area (Å²) in [6.07, 6.45) is 2.94. The Kier molecular flexibility index (Phi) is 4.35. The van der Waals surface area contributed by atoms with Gasteiger partial charge < -0.3 is 0 Å². The van der Waals surface area contributed by atoms with E-state index in [-0.39, 0.29) is 17.7 Å². The van der Waals surface area contributed by atoms with Gasteiger partial charge in [-0.2, -0.15) is 0 Å². The van der Waals surface area contributed by atoms with Gasteiger partial charge in [0.2, 0.25) is 5.91 Å². The zero-order valence-corrected chi connectivity index (χ0v) is 13.3. The smallest absolute Gasteiger partial charge is 0.269 e. The molecule has 1 aliphatic rings. The van der Waals surface area contributed by atoms with Crippen molar-refractivity contribution in [2.75, 3.05) is 0 Å². The van der Waals surface area contributed by atoms with Gasteiger partial charge in [0.25, 0.3) is 5.91 Å². The predicted octanol–water partition coefficient (Wildman–Crippen LogP) is 3.07. The van der Waals surface area contributed by atoms with E-state index < -0.39 is 5.54 Å². The van der Waals surface area contributed by atoms with Gasteiger partial charge in [-0.15, -0.1) is 0 Å². The molecule has 0 heterocycles. The first-order valence-electron chi connectivity index (χ1n) is 7.51. The summed E-state index contributed by atoms with van der Waals surface area (Å²) in [7, 11) is 0. The molecule has 1 aromatic carbocycles. The molecule has 0 bridgehead atoms. The first-order valence-corrected chi connectivity index (χ1v) is 7.51. The fourth-order valence-corrected chi connectivity index (χ4v) is 2.34. The molecule has 4 heteroatoms. The summed E-state index contributed by atoms with van der Waals surface area (Å²) in [6.45, 7) is 7.73. The zero-order chi connectivity index (χ0) is 15.6. The van der Waals surface area contributed by atoms with Crippen molar-refractivity contribution in [2.45, 2.75) is 52.5 Å². The van der Waals surface area contributed by atoms with E-state index in [4.69, 9.17) is 0 Å². The number of hydrazine groups is 1. The summed E-state index contributed by atoms with van der Waals surface area (Å²) in [5.74, 6) is -0.155. The summed E-state index contributed by atoms with van der Waals surface area (Å²) in [5.41, 5.74) is 3.95. The van der Waals surface area contributed by atoms with E-state index in [9.17, 15) is 9.59 Å². The van der Waals surface area contributed by atoms with E-state index in [0.29, 0.717) is 5.56 Å². The van der Waals surface area contributed by atoms with Gasteiger partial charge in [-0.05, 0) is 52.7 Å². The van der Waals surface area contributed by atoms with Gasteiger partial charge >= 0.3 is 0 Å². The molecule has 0 atom stereocenters. The first-order chi connectivity index (χ1) is 9.79. The molecule has 0 unspecified atom stereocenters. The molecule has 1 saturated carbocycles. The molecule has 2 amide bonds. The van der Waals surface area contributed by atoms with Crippen LogP contribution in [0.25, 0.3) is 0 Å². The van der Waals surface area contributed by atoms with Crippen molar-refractivity contribution in [3.05, 3.63) is 35.4 Å². The number of nitrogens with one attached hydrogen (secondary N) is 1. The number of rotatable bonds is 2. The van der Waals surface area contributed by atoms with Gasteiger partial charge in [-0.3, -0.25) is 15.0 Å². The molecular weight excluding hydrogens is 264 g/mol. The van der Waals surface area contributed by atoms with Crippen LogP contribution < -0.4 is 5.43 Å². The fourth-order valence-electron chi connectivity index (χ4n) is 2.34. The Bertz CT molecular complexity index is 542. The zero-order valence-electron chi connectivity index (χ0n) is 13.3. The number of nitrogens with zero attached hydrogens (tertiary/aromatic N) is 1. The minimum absolute atomic E-state index is 0.0229. The quantitative estimate of drug-likeness (QED) is 0.850. The van der Waals surface area contributed by atoms with Crippen molar-refractivity contribution >= 4 is 11.8 Å². The molecule has 21 heavy (non-hydrogen) atoms. The molecule has 1 fully saturated rings. The summed E-state index contributed by atoms with van der Waals surface area (Å²) >= 11 is 0. The van der Waals surface area contributed by atoms with Crippen LogP contribution in [0.4, 0.5) is 0 Å². The highest BCUT2D eigenvalue weighted by Gasteiger charge is 2.36. The molecule has 4 nitrogen and oxygen atoms in total. The van der Waals surface area contributed by atoms with Crippen LogP contribution in [-0.4, -0.2) is 22.4 Å². The number of amides is 2. The Hall–Kier alpha value is -1.84. The molecule has 0 aliphatic heterocycles. The fraction of sp³-hybridized carbons (Fsp3) is 0.529. The highest BCUT2D eigenvalue weighted by Crippen LogP contribution is 2.30. The van der Waals surface area contributed by atoms with Crippen LogP contribution in [0.2, 0.25) is 0 Å². The highest BCUT2D eigenvalue weighted by atomic mass is 16.2. The Morgan fingerprint density at radius 3 is 2.38 bits per heavy atom. The molecule has 2 rings (SSSR count). The molecule has 0 saturated heterocycles. The number of benzene rings is 1. The monoisotopic (exact) mass is 288 g/mol. The SMILES string of the molecule is Cc1cccc(C(=O)NN(C(=O)C2CCC2)C(C)(C)C)c1. The third kappa shape index (κ3) is 3.63. The van der Waals surface area contributed by atoms with Gasteiger partial charge in [0, 0.05) is 11.5 Å². The van der Waals surface area contributed by atoms with Gasteiger partial charge in [0.15, 0.2) is 0 Å². The molecule has 0 spiro atoms. The van der Waals surface area contributed by atoms with Crippen LogP contribution in [-0.2, 0) is 4.79 Å². The average molecular weight is 288 g/mol. The van der Waals surface area contributed by atoms with Crippen LogP contribution in [0.5, 0.6) is 0 Å². The van der Waals surface area contributed by atoms with Crippen LogP contribution in [0.15, 0.2) is 24.3 Å². The average Bonchev–Trinajstić information content (AvgIpc) is 2.31. The highest BCUT2D eigenvalue weighted by molar-refractivity contribution is 5.95. The summed E-state index contributed by atoms with van der Waals surface area (Å²) in [5, 5.41) is 1.50. The second-order valence-corrected chi connectivity index (χ2v) is 6.78. The van der Waals surface area contributed by atoms with Crippen LogP contribution in [0.1, 0.15) is 56.0 Å². The van der Waals surface area contributed by atoms with Gasteiger partial charge in [-0.25, -0.2) is 5.01 Å². The van der Waals surface area contributed by atoms with Crippen molar-refractivity contribution in [1.29, 1.82) is 0 Å². The first kappa shape index (κ1) is 15.5. The number of hydrogen-bond donors (Lipinski definition) is 1. The minimum Gasteiger partial charge on any atom is -0.273 e. The molecule has 114 valence electrons. The van der Waals surface area contributed by atoms with Crippen LogP contribution in [0.3, 0.4) is 0 Å². The molecular formula is C17H24N2O2. The van der Waals surface area contributed by atoms with Crippen molar-refractivity contribution < 1.29 is 9.59 Å². The molecule has 1 aromatic rings.